The summed E-state index contributed by atoms with van der Waals surface area (Å²) in [5.41, 5.74) is 0. The number of thioether (sulfide) groups is 1. The summed E-state index contributed by atoms with van der Waals surface area (Å²) in [5.74, 6) is 0.600. The Hall–Kier alpha value is -1.57. The van der Waals surface area contributed by atoms with E-state index in [2.05, 4.69) is 24.8 Å². The third-order valence-corrected chi connectivity index (χ3v) is 4.57. The minimum atomic E-state index is -0.710. The molecule has 0 aromatic carbocycles. The fourth-order valence-corrected chi connectivity index (χ4v) is 3.51. The van der Waals surface area contributed by atoms with Crippen molar-refractivity contribution in [1.82, 2.24) is 20.1 Å². The molecule has 0 radical (unpaired) electrons. The van der Waals surface area contributed by atoms with E-state index in [1.807, 2.05) is 6.92 Å². The molecule has 1 saturated carbocycles. The maximum atomic E-state index is 11.7. The Bertz CT molecular complexity index is 526. The Balaban J connectivity index is 1.93. The molecule has 122 valence electrons. The van der Waals surface area contributed by atoms with Crippen LogP contribution in [0.3, 0.4) is 0 Å². The van der Waals surface area contributed by atoms with Crippen LogP contribution in [0.25, 0.3) is 0 Å². The first-order chi connectivity index (χ1) is 10.6. The van der Waals surface area contributed by atoms with Crippen molar-refractivity contribution in [2.75, 3.05) is 12.4 Å². The summed E-state index contributed by atoms with van der Waals surface area (Å²) in [5, 5.41) is 11.2. The first-order valence-corrected chi connectivity index (χ1v) is 8.61. The van der Waals surface area contributed by atoms with E-state index in [4.69, 9.17) is 0 Å². The van der Waals surface area contributed by atoms with Gasteiger partial charge in [-0.05, 0) is 26.7 Å². The molecule has 7 nitrogen and oxygen atoms in total. The molecular weight excluding hydrogens is 304 g/mol. The van der Waals surface area contributed by atoms with E-state index in [1.165, 1.54) is 31.0 Å². The van der Waals surface area contributed by atoms with Crippen LogP contribution in [0.2, 0.25) is 0 Å². The molecular formula is C14H22N4O3S. The summed E-state index contributed by atoms with van der Waals surface area (Å²) in [4.78, 5) is 22.9. The van der Waals surface area contributed by atoms with Crippen molar-refractivity contribution in [3.8, 4) is 0 Å². The number of hydrogen-bond donors (Lipinski definition) is 1. The van der Waals surface area contributed by atoms with Crippen LogP contribution in [0.1, 0.15) is 50.9 Å². The smallest absolute Gasteiger partial charge is 0.413 e. The van der Waals surface area contributed by atoms with Crippen LogP contribution >= 0.6 is 11.8 Å². The van der Waals surface area contributed by atoms with Crippen molar-refractivity contribution < 1.29 is 14.3 Å². The summed E-state index contributed by atoms with van der Waals surface area (Å²) in [6.07, 6.45) is 5.26. The second-order valence-electron chi connectivity index (χ2n) is 5.25. The van der Waals surface area contributed by atoms with E-state index < -0.39 is 6.09 Å². The largest absolute Gasteiger partial charge is 0.450 e. The number of hydrogen-bond acceptors (Lipinski definition) is 6. The Labute approximate surface area is 134 Å². The number of nitrogens with zero attached hydrogens (tertiary/aromatic N) is 3. The van der Waals surface area contributed by atoms with Gasteiger partial charge < -0.3 is 9.30 Å². The molecule has 0 spiro atoms. The number of amides is 2. The van der Waals surface area contributed by atoms with Gasteiger partial charge in [0.1, 0.15) is 5.82 Å². The molecule has 22 heavy (non-hydrogen) atoms. The topological polar surface area (TPSA) is 86.1 Å². The van der Waals surface area contributed by atoms with Crippen LogP contribution in [0.4, 0.5) is 4.79 Å². The van der Waals surface area contributed by atoms with Gasteiger partial charge in [-0.25, -0.2) is 4.79 Å². The third kappa shape index (κ3) is 4.46. The molecule has 8 heteroatoms. The number of ether oxygens (including phenoxy) is 1. The van der Waals surface area contributed by atoms with Gasteiger partial charge in [-0.1, -0.05) is 31.0 Å². The molecule has 0 aliphatic heterocycles. The van der Waals surface area contributed by atoms with Crippen molar-refractivity contribution in [2.24, 2.45) is 0 Å². The van der Waals surface area contributed by atoms with Crippen molar-refractivity contribution in [2.45, 2.75) is 57.1 Å². The normalized spacial score (nSPS) is 15.5. The van der Waals surface area contributed by atoms with Gasteiger partial charge in [-0.3, -0.25) is 10.1 Å². The molecule has 1 aliphatic carbocycles. The predicted molar refractivity (Wildman–Crippen MR) is 82.8 cm³/mol. The number of nitrogens with one attached hydrogen (secondary N) is 1. The Morgan fingerprint density at radius 2 is 2.05 bits per heavy atom. The Morgan fingerprint density at radius 3 is 2.73 bits per heavy atom. The van der Waals surface area contributed by atoms with Gasteiger partial charge in [0.25, 0.3) is 0 Å². The lowest BCUT2D eigenvalue weighted by Gasteiger charge is -2.24. The highest BCUT2D eigenvalue weighted by Crippen LogP contribution is 2.32. The molecule has 1 aromatic heterocycles. The number of carbonyl (C=O) groups is 2. The molecule has 2 rings (SSSR count). The molecule has 1 heterocycles. The summed E-state index contributed by atoms with van der Waals surface area (Å²) < 4.78 is 6.80. The molecule has 0 unspecified atom stereocenters. The molecule has 0 saturated heterocycles. The average molecular weight is 326 g/mol. The van der Waals surface area contributed by atoms with Gasteiger partial charge in [-0.2, -0.15) is 0 Å². The minimum Gasteiger partial charge on any atom is -0.450 e. The lowest BCUT2D eigenvalue weighted by molar-refractivity contribution is -0.117. The van der Waals surface area contributed by atoms with Crippen LogP contribution in [0, 0.1) is 6.92 Å². The van der Waals surface area contributed by atoms with Crippen molar-refractivity contribution in [1.29, 1.82) is 0 Å². The van der Waals surface area contributed by atoms with E-state index in [-0.39, 0.29) is 18.3 Å². The lowest BCUT2D eigenvalue weighted by atomic mass is 9.95. The van der Waals surface area contributed by atoms with Gasteiger partial charge in [0.05, 0.1) is 12.4 Å². The van der Waals surface area contributed by atoms with E-state index in [0.717, 1.165) is 23.8 Å². The Kier molecular flexibility index (Phi) is 6.23. The van der Waals surface area contributed by atoms with Crippen molar-refractivity contribution >= 4 is 23.8 Å². The zero-order valence-corrected chi connectivity index (χ0v) is 13.8. The first kappa shape index (κ1) is 16.8. The van der Waals surface area contributed by atoms with Gasteiger partial charge >= 0.3 is 6.09 Å². The molecule has 1 aliphatic rings. The van der Waals surface area contributed by atoms with Crippen LogP contribution in [-0.2, 0) is 9.53 Å². The summed E-state index contributed by atoms with van der Waals surface area (Å²) in [7, 11) is 0. The predicted octanol–water partition coefficient (Wildman–Crippen LogP) is 2.46. The van der Waals surface area contributed by atoms with Crippen molar-refractivity contribution in [3.63, 3.8) is 0 Å². The SMILES string of the molecule is CCOC(=O)NC(=O)CSc1nnc(C)n1C1CCCCC1. The maximum absolute atomic E-state index is 11.7. The van der Waals surface area contributed by atoms with E-state index in [0.29, 0.717) is 6.04 Å². The van der Waals surface area contributed by atoms with Gasteiger partial charge in [0.2, 0.25) is 5.91 Å². The fraction of sp³-hybridized carbons (Fsp3) is 0.714. The Morgan fingerprint density at radius 1 is 1.32 bits per heavy atom. The van der Waals surface area contributed by atoms with Gasteiger partial charge in [-0.15, -0.1) is 10.2 Å². The number of aryl methyl sites for hydroxylation is 1. The summed E-state index contributed by atoms with van der Waals surface area (Å²) in [6, 6.07) is 0.416. The standard InChI is InChI=1S/C14H22N4O3S/c1-3-21-14(20)15-12(19)9-22-13-17-16-10(2)18(13)11-7-5-4-6-8-11/h11H,3-9H2,1-2H3,(H,15,19,20). The second kappa shape index (κ2) is 8.17. The first-order valence-electron chi connectivity index (χ1n) is 7.62. The molecule has 1 N–H and O–H groups in total. The van der Waals surface area contributed by atoms with E-state index in [1.54, 1.807) is 6.92 Å². The number of alkyl carbamates (subject to hydrolysis) is 1. The fourth-order valence-electron chi connectivity index (χ4n) is 2.66. The zero-order valence-electron chi connectivity index (χ0n) is 13.0. The minimum absolute atomic E-state index is 0.115. The third-order valence-electron chi connectivity index (χ3n) is 3.62. The highest BCUT2D eigenvalue weighted by atomic mass is 32.2. The molecule has 1 fully saturated rings. The van der Waals surface area contributed by atoms with Gasteiger partial charge in [0.15, 0.2) is 5.16 Å². The summed E-state index contributed by atoms with van der Waals surface area (Å²) >= 11 is 1.30. The monoisotopic (exact) mass is 326 g/mol. The number of carbonyl (C=O) groups excluding carboxylic acids is 2. The number of aromatic nitrogens is 3. The molecule has 2 amide bonds. The average Bonchev–Trinajstić information content (AvgIpc) is 2.87. The molecule has 0 atom stereocenters. The molecule has 0 bridgehead atoms. The maximum Gasteiger partial charge on any atom is 0.413 e. The quantitative estimate of drug-likeness (QED) is 0.837. The van der Waals surface area contributed by atoms with Crippen LogP contribution < -0.4 is 5.32 Å². The molecule has 1 aromatic rings. The van der Waals surface area contributed by atoms with Crippen LogP contribution in [0.15, 0.2) is 5.16 Å². The zero-order chi connectivity index (χ0) is 15.9. The highest BCUT2D eigenvalue weighted by molar-refractivity contribution is 7.99. The summed E-state index contributed by atoms with van der Waals surface area (Å²) in [6.45, 7) is 3.86. The number of imide groups is 1. The van der Waals surface area contributed by atoms with E-state index >= 15 is 0 Å². The number of rotatable bonds is 5. The van der Waals surface area contributed by atoms with Crippen LogP contribution in [-0.4, -0.2) is 39.1 Å². The van der Waals surface area contributed by atoms with Crippen molar-refractivity contribution in [3.05, 3.63) is 5.82 Å². The van der Waals surface area contributed by atoms with E-state index in [9.17, 15) is 9.59 Å². The van der Waals surface area contributed by atoms with Gasteiger partial charge in [0, 0.05) is 6.04 Å². The lowest BCUT2D eigenvalue weighted by Crippen LogP contribution is -2.32. The second-order valence-corrected chi connectivity index (χ2v) is 6.19. The highest BCUT2D eigenvalue weighted by Gasteiger charge is 2.22. The van der Waals surface area contributed by atoms with Crippen LogP contribution in [0.5, 0.6) is 0 Å².